The molecule has 0 spiro atoms. The van der Waals surface area contributed by atoms with Crippen LogP contribution < -0.4 is 21.2 Å². The van der Waals surface area contributed by atoms with E-state index < -0.39 is 7.26 Å². The Morgan fingerprint density at radius 3 is 1.54 bits per heavy atom. The summed E-state index contributed by atoms with van der Waals surface area (Å²) in [6.07, 6.45) is 0.379. The van der Waals surface area contributed by atoms with Crippen LogP contribution in [0.25, 0.3) is 10.4 Å². The molecule has 1 amide bonds. The molecule has 0 heterocycles. The molecule has 0 fully saturated rings. The quantitative estimate of drug-likeness (QED) is 0.102. The second-order valence-electron chi connectivity index (χ2n) is 6.89. The Balaban J connectivity index is 0.00000201. The van der Waals surface area contributed by atoms with Gasteiger partial charge in [0.2, 0.25) is 0 Å². The fraction of sp³-hybridized carbons (Fsp3) is 0.367. The van der Waals surface area contributed by atoms with E-state index in [-0.39, 0.29) is 12.5 Å². The number of carbonyl (C=O) groups excluding carboxylic acids is 1. The largest absolute Gasteiger partial charge is 0.379 e. The van der Waals surface area contributed by atoms with Crippen LogP contribution in [-0.2, 0) is 9.53 Å². The van der Waals surface area contributed by atoms with E-state index >= 15 is 0 Å². The van der Waals surface area contributed by atoms with Crippen molar-refractivity contribution in [2.75, 3.05) is 32.5 Å². The highest BCUT2D eigenvalue weighted by atomic mass is 31.2. The highest BCUT2D eigenvalue weighted by Crippen LogP contribution is 2.54. The second kappa shape index (κ2) is 22.1. The molecule has 0 saturated heterocycles. The Labute approximate surface area is 224 Å². The topological polar surface area (TPSA) is 87.1 Å². The molecule has 0 saturated carbocycles. The molecule has 0 bridgehead atoms. The predicted molar refractivity (Wildman–Crippen MR) is 162 cm³/mol. The highest BCUT2D eigenvalue weighted by molar-refractivity contribution is 7.96. The molecule has 1 N–H and O–H groups in total. The first-order chi connectivity index (χ1) is 18.3. The van der Waals surface area contributed by atoms with Crippen LogP contribution in [0.15, 0.2) is 96.1 Å². The van der Waals surface area contributed by atoms with Crippen LogP contribution in [0.1, 0.15) is 41.5 Å². The first kappa shape index (κ1) is 33.8. The standard InChI is InChI=1S/C24H25N4O2P.3C2H6/c25-28-27-17-19-30-18-16-26-24(29)20-31(21-10-4-1-5-11-21,22-12-6-2-7-13-22)23-14-8-3-9-15-23;3*1-2/h1-15H,16-20H2;3*1-2H3/p+1. The van der Waals surface area contributed by atoms with Gasteiger partial charge in [0, 0.05) is 18.0 Å². The molecular weight excluding hydrogens is 479 g/mol. The Morgan fingerprint density at radius 1 is 0.757 bits per heavy atom. The summed E-state index contributed by atoms with van der Waals surface area (Å²) in [5.74, 6) is -0.0106. The van der Waals surface area contributed by atoms with Crippen molar-refractivity contribution in [3.05, 3.63) is 101 Å². The lowest BCUT2D eigenvalue weighted by atomic mass is 10.4. The van der Waals surface area contributed by atoms with E-state index in [1.807, 2.05) is 96.1 Å². The normalized spacial score (nSPS) is 9.57. The molecule has 0 aliphatic rings. The smallest absolute Gasteiger partial charge is 0.258 e. The molecule has 0 aromatic heterocycles. The fourth-order valence-corrected chi connectivity index (χ4v) is 7.58. The van der Waals surface area contributed by atoms with Crippen LogP contribution in [-0.4, -0.2) is 38.4 Å². The van der Waals surface area contributed by atoms with Gasteiger partial charge in [-0.15, -0.1) is 0 Å². The van der Waals surface area contributed by atoms with Crippen LogP contribution in [0.5, 0.6) is 0 Å². The van der Waals surface area contributed by atoms with Gasteiger partial charge in [0.15, 0.2) is 6.16 Å². The number of nitrogens with one attached hydrogen (secondary N) is 1. The van der Waals surface area contributed by atoms with Crippen molar-refractivity contribution >= 4 is 29.1 Å². The predicted octanol–water partition coefficient (Wildman–Crippen LogP) is 6.50. The molecule has 37 heavy (non-hydrogen) atoms. The molecule has 0 radical (unpaired) electrons. The van der Waals surface area contributed by atoms with Crippen molar-refractivity contribution in [1.82, 2.24) is 5.32 Å². The van der Waals surface area contributed by atoms with Gasteiger partial charge in [-0.2, -0.15) is 0 Å². The minimum absolute atomic E-state index is 0.0106. The third kappa shape index (κ3) is 11.2. The third-order valence-electron chi connectivity index (χ3n) is 4.94. The molecule has 0 atom stereocenters. The fourth-order valence-electron chi connectivity index (χ4n) is 3.55. The molecule has 200 valence electrons. The third-order valence-corrected chi connectivity index (χ3v) is 9.24. The molecule has 0 aliphatic carbocycles. The molecule has 3 rings (SSSR count). The molecule has 3 aromatic carbocycles. The number of benzene rings is 3. The van der Waals surface area contributed by atoms with Crippen molar-refractivity contribution in [3.8, 4) is 0 Å². The highest BCUT2D eigenvalue weighted by Gasteiger charge is 2.47. The number of amides is 1. The average molecular weight is 524 g/mol. The maximum absolute atomic E-state index is 13.1. The number of azide groups is 1. The Morgan fingerprint density at radius 2 is 1.16 bits per heavy atom. The lowest BCUT2D eigenvalue weighted by molar-refractivity contribution is -0.118. The maximum atomic E-state index is 13.1. The van der Waals surface area contributed by atoms with E-state index in [2.05, 4.69) is 51.7 Å². The van der Waals surface area contributed by atoms with Crippen LogP contribution >= 0.6 is 7.26 Å². The minimum Gasteiger partial charge on any atom is -0.379 e. The first-order valence-corrected chi connectivity index (χ1v) is 15.1. The first-order valence-electron chi connectivity index (χ1n) is 13.2. The lowest BCUT2D eigenvalue weighted by Gasteiger charge is -2.27. The molecular formula is C30H44N4O2P+. The van der Waals surface area contributed by atoms with Gasteiger partial charge in [-0.05, 0) is 41.9 Å². The SMILES string of the molecule is CC.CC.CC.[N-]=[N+]=NCCOCCNC(=O)C[P+](c1ccccc1)(c1ccccc1)c1ccccc1. The Kier molecular flexibility index (Phi) is 20.2. The second-order valence-corrected chi connectivity index (χ2v) is 10.4. The van der Waals surface area contributed by atoms with E-state index in [1.165, 1.54) is 15.9 Å². The van der Waals surface area contributed by atoms with E-state index in [1.54, 1.807) is 0 Å². The van der Waals surface area contributed by atoms with Gasteiger partial charge in [0.25, 0.3) is 5.91 Å². The molecule has 0 unspecified atom stereocenters. The van der Waals surface area contributed by atoms with Crippen molar-refractivity contribution in [2.45, 2.75) is 41.5 Å². The summed E-state index contributed by atoms with van der Waals surface area (Å²) < 4.78 is 5.40. The van der Waals surface area contributed by atoms with E-state index in [9.17, 15) is 4.79 Å². The van der Waals surface area contributed by atoms with E-state index in [0.717, 1.165) is 0 Å². The zero-order valence-corrected chi connectivity index (χ0v) is 24.2. The number of rotatable bonds is 11. The number of ether oxygens (including phenoxy) is 1. The zero-order chi connectivity index (χ0) is 27.8. The Hall–Kier alpha value is -3.17. The van der Waals surface area contributed by atoms with Crippen LogP contribution in [0, 0.1) is 0 Å². The van der Waals surface area contributed by atoms with Gasteiger partial charge >= 0.3 is 0 Å². The summed E-state index contributed by atoms with van der Waals surface area (Å²) in [6, 6.07) is 31.0. The summed E-state index contributed by atoms with van der Waals surface area (Å²) in [5.41, 5.74) is 8.28. The Bertz CT molecular complexity index is 899. The molecule has 6 nitrogen and oxygen atoms in total. The number of nitrogens with zero attached hydrogens (tertiary/aromatic N) is 3. The van der Waals surface area contributed by atoms with Gasteiger partial charge in [-0.25, -0.2) is 0 Å². The summed E-state index contributed by atoms with van der Waals surface area (Å²) in [6.45, 7) is 13.4. The van der Waals surface area contributed by atoms with Gasteiger partial charge in [-0.3, -0.25) is 4.79 Å². The van der Waals surface area contributed by atoms with E-state index in [0.29, 0.717) is 25.9 Å². The van der Waals surface area contributed by atoms with Gasteiger partial charge in [-0.1, -0.05) is 101 Å². The average Bonchev–Trinajstić information content (AvgIpc) is 3.00. The van der Waals surface area contributed by atoms with Crippen LogP contribution in [0.2, 0.25) is 0 Å². The summed E-state index contributed by atoms with van der Waals surface area (Å²) in [7, 11) is -2.19. The molecule has 3 aromatic rings. The number of hydrogen-bond acceptors (Lipinski definition) is 3. The number of hydrogen-bond donors (Lipinski definition) is 1. The van der Waals surface area contributed by atoms with Gasteiger partial charge in [0.1, 0.15) is 23.2 Å². The molecule has 7 heteroatoms. The zero-order valence-electron chi connectivity index (χ0n) is 23.3. The summed E-state index contributed by atoms with van der Waals surface area (Å²) in [5, 5.41) is 9.95. The minimum atomic E-state index is -2.19. The van der Waals surface area contributed by atoms with Crippen LogP contribution in [0.4, 0.5) is 0 Å². The molecule has 0 aliphatic heterocycles. The lowest BCUT2D eigenvalue weighted by Crippen LogP contribution is -2.40. The van der Waals surface area contributed by atoms with E-state index in [4.69, 9.17) is 10.3 Å². The van der Waals surface area contributed by atoms with Crippen molar-refractivity contribution in [3.63, 3.8) is 0 Å². The maximum Gasteiger partial charge on any atom is 0.258 e. The number of carbonyl (C=O) groups is 1. The van der Waals surface area contributed by atoms with Gasteiger partial charge < -0.3 is 10.1 Å². The summed E-state index contributed by atoms with van der Waals surface area (Å²) in [4.78, 5) is 15.8. The van der Waals surface area contributed by atoms with Crippen molar-refractivity contribution in [2.24, 2.45) is 5.11 Å². The van der Waals surface area contributed by atoms with Gasteiger partial charge in [0.05, 0.1) is 13.2 Å². The van der Waals surface area contributed by atoms with Crippen molar-refractivity contribution < 1.29 is 9.53 Å². The van der Waals surface area contributed by atoms with Crippen molar-refractivity contribution in [1.29, 1.82) is 0 Å². The summed E-state index contributed by atoms with van der Waals surface area (Å²) >= 11 is 0. The van der Waals surface area contributed by atoms with Crippen LogP contribution in [0.3, 0.4) is 0 Å². The monoisotopic (exact) mass is 523 g/mol.